The summed E-state index contributed by atoms with van der Waals surface area (Å²) in [6.45, 7) is 4.92. The first kappa shape index (κ1) is 21.3. The zero-order valence-electron chi connectivity index (χ0n) is 16.7. The number of hydrogen-bond donors (Lipinski definition) is 0. The number of anilines is 1. The van der Waals surface area contributed by atoms with E-state index in [2.05, 4.69) is 17.0 Å². The zero-order valence-corrected chi connectivity index (χ0v) is 17.5. The SMILES string of the molecule is C[C@@H](C(=O)N1CCN(Cc2ccccc2)CC1)N(c1ccc(F)cc1)S(C)(=O)=O. The van der Waals surface area contributed by atoms with Gasteiger partial charge in [0, 0.05) is 32.7 Å². The van der Waals surface area contributed by atoms with E-state index in [-0.39, 0.29) is 11.6 Å². The molecule has 6 nitrogen and oxygen atoms in total. The van der Waals surface area contributed by atoms with E-state index in [0.717, 1.165) is 30.2 Å². The second-order valence-corrected chi connectivity index (χ2v) is 9.16. The van der Waals surface area contributed by atoms with Crippen molar-refractivity contribution in [2.45, 2.75) is 19.5 Å². The van der Waals surface area contributed by atoms with Crippen molar-refractivity contribution in [2.75, 3.05) is 36.7 Å². The molecule has 1 aliphatic rings. The summed E-state index contributed by atoms with van der Waals surface area (Å²) >= 11 is 0. The second-order valence-electron chi connectivity index (χ2n) is 7.30. The first-order valence-electron chi connectivity index (χ1n) is 9.56. The van der Waals surface area contributed by atoms with Gasteiger partial charge >= 0.3 is 0 Å². The summed E-state index contributed by atoms with van der Waals surface area (Å²) in [5.41, 5.74) is 1.50. The maximum Gasteiger partial charge on any atom is 0.246 e. The third-order valence-electron chi connectivity index (χ3n) is 5.08. The van der Waals surface area contributed by atoms with Crippen molar-refractivity contribution < 1.29 is 17.6 Å². The van der Waals surface area contributed by atoms with Gasteiger partial charge < -0.3 is 4.90 Å². The van der Waals surface area contributed by atoms with Crippen molar-refractivity contribution in [3.8, 4) is 0 Å². The van der Waals surface area contributed by atoms with Crippen molar-refractivity contribution in [3.63, 3.8) is 0 Å². The summed E-state index contributed by atoms with van der Waals surface area (Å²) in [6, 6.07) is 14.4. The van der Waals surface area contributed by atoms with E-state index in [1.54, 1.807) is 11.8 Å². The maximum absolute atomic E-state index is 13.2. The van der Waals surface area contributed by atoms with Gasteiger partial charge in [-0.1, -0.05) is 30.3 Å². The highest BCUT2D eigenvalue weighted by molar-refractivity contribution is 7.92. The number of amides is 1. The van der Waals surface area contributed by atoms with Crippen LogP contribution in [0, 0.1) is 5.82 Å². The van der Waals surface area contributed by atoms with Gasteiger partial charge in [-0.25, -0.2) is 12.8 Å². The fraction of sp³-hybridized carbons (Fsp3) is 0.381. The normalized spacial score (nSPS) is 16.4. The molecule has 156 valence electrons. The lowest BCUT2D eigenvalue weighted by molar-refractivity contribution is -0.133. The predicted molar refractivity (Wildman–Crippen MR) is 111 cm³/mol. The van der Waals surface area contributed by atoms with Crippen LogP contribution in [-0.2, 0) is 21.4 Å². The zero-order chi connectivity index (χ0) is 21.0. The predicted octanol–water partition coefficient (Wildman–Crippen LogP) is 2.32. The van der Waals surface area contributed by atoms with E-state index in [9.17, 15) is 17.6 Å². The van der Waals surface area contributed by atoms with Crippen LogP contribution in [0.3, 0.4) is 0 Å². The molecule has 1 fully saturated rings. The summed E-state index contributed by atoms with van der Waals surface area (Å²) in [6.07, 6.45) is 1.05. The summed E-state index contributed by atoms with van der Waals surface area (Å²) in [7, 11) is -3.71. The quantitative estimate of drug-likeness (QED) is 0.721. The molecule has 3 rings (SSSR count). The van der Waals surface area contributed by atoms with Gasteiger partial charge in [0.15, 0.2) is 0 Å². The van der Waals surface area contributed by atoms with Gasteiger partial charge in [0.05, 0.1) is 11.9 Å². The Hall–Kier alpha value is -2.45. The van der Waals surface area contributed by atoms with E-state index in [1.807, 2.05) is 18.2 Å². The topological polar surface area (TPSA) is 60.9 Å². The van der Waals surface area contributed by atoms with Gasteiger partial charge in [-0.2, -0.15) is 0 Å². The molecule has 1 aliphatic heterocycles. The van der Waals surface area contributed by atoms with Crippen molar-refractivity contribution >= 4 is 21.6 Å². The highest BCUT2D eigenvalue weighted by Crippen LogP contribution is 2.22. The van der Waals surface area contributed by atoms with Gasteiger partial charge in [-0.15, -0.1) is 0 Å². The summed E-state index contributed by atoms with van der Waals surface area (Å²) in [5.74, 6) is -0.713. The number of hydrogen-bond acceptors (Lipinski definition) is 4. The maximum atomic E-state index is 13.2. The molecule has 8 heteroatoms. The molecule has 2 aromatic rings. The number of nitrogens with zero attached hydrogens (tertiary/aromatic N) is 3. The van der Waals surface area contributed by atoms with Gasteiger partial charge in [-0.05, 0) is 36.8 Å². The number of rotatable bonds is 6. The Morgan fingerprint density at radius 3 is 2.17 bits per heavy atom. The first-order chi connectivity index (χ1) is 13.8. The van der Waals surface area contributed by atoms with Crippen molar-refractivity contribution in [2.24, 2.45) is 0 Å². The molecular formula is C21H26FN3O3S. The molecule has 1 amide bonds. The molecule has 2 aromatic carbocycles. The number of halogens is 1. The minimum Gasteiger partial charge on any atom is -0.338 e. The largest absolute Gasteiger partial charge is 0.338 e. The monoisotopic (exact) mass is 419 g/mol. The average molecular weight is 420 g/mol. The van der Waals surface area contributed by atoms with E-state index >= 15 is 0 Å². The number of carbonyl (C=O) groups excluding carboxylic acids is 1. The molecule has 0 bridgehead atoms. The molecule has 1 saturated heterocycles. The van der Waals surface area contributed by atoms with E-state index < -0.39 is 21.9 Å². The molecule has 0 spiro atoms. The van der Waals surface area contributed by atoms with Crippen LogP contribution in [0.1, 0.15) is 12.5 Å². The van der Waals surface area contributed by atoms with Crippen molar-refractivity contribution in [3.05, 3.63) is 66.0 Å². The van der Waals surface area contributed by atoms with Crippen LogP contribution in [-0.4, -0.2) is 62.6 Å². The Bertz CT molecular complexity index is 927. The molecule has 0 radical (unpaired) electrons. The third kappa shape index (κ3) is 5.33. The highest BCUT2D eigenvalue weighted by Gasteiger charge is 2.33. The van der Waals surface area contributed by atoms with E-state index in [1.165, 1.54) is 29.8 Å². The van der Waals surface area contributed by atoms with Crippen molar-refractivity contribution in [1.29, 1.82) is 0 Å². The van der Waals surface area contributed by atoms with Crippen LogP contribution >= 0.6 is 0 Å². The minimum absolute atomic E-state index is 0.251. The molecule has 29 heavy (non-hydrogen) atoms. The van der Waals surface area contributed by atoms with Crippen molar-refractivity contribution in [1.82, 2.24) is 9.80 Å². The van der Waals surface area contributed by atoms with Crippen LogP contribution in [0.2, 0.25) is 0 Å². The molecular weight excluding hydrogens is 393 g/mol. The molecule has 0 N–H and O–H groups in total. The first-order valence-corrected chi connectivity index (χ1v) is 11.4. The highest BCUT2D eigenvalue weighted by atomic mass is 32.2. The van der Waals surface area contributed by atoms with Gasteiger partial charge in [0.25, 0.3) is 0 Å². The number of benzene rings is 2. The Balaban J connectivity index is 1.66. The third-order valence-corrected chi connectivity index (χ3v) is 6.32. The smallest absolute Gasteiger partial charge is 0.246 e. The van der Waals surface area contributed by atoms with Crippen LogP contribution in [0.4, 0.5) is 10.1 Å². The number of piperazine rings is 1. The number of sulfonamides is 1. The molecule has 1 heterocycles. The second kappa shape index (κ2) is 8.92. The Labute approximate surface area is 171 Å². The van der Waals surface area contributed by atoms with Crippen LogP contribution in [0.5, 0.6) is 0 Å². The molecule has 0 aliphatic carbocycles. The molecule has 0 unspecified atom stereocenters. The lowest BCUT2D eigenvalue weighted by Crippen LogP contribution is -2.55. The molecule has 1 atom stereocenters. The Kier molecular flexibility index (Phi) is 6.54. The fourth-order valence-corrected chi connectivity index (χ4v) is 4.79. The Morgan fingerprint density at radius 1 is 1.03 bits per heavy atom. The van der Waals surface area contributed by atoms with Crippen LogP contribution in [0.25, 0.3) is 0 Å². The lowest BCUT2D eigenvalue weighted by Gasteiger charge is -2.38. The summed E-state index contributed by atoms with van der Waals surface area (Å²) < 4.78 is 39.0. The van der Waals surface area contributed by atoms with E-state index in [4.69, 9.17) is 0 Å². The number of carbonyl (C=O) groups is 1. The minimum atomic E-state index is -3.71. The average Bonchev–Trinajstić information content (AvgIpc) is 2.69. The fourth-order valence-electron chi connectivity index (χ4n) is 3.62. The van der Waals surface area contributed by atoms with Crippen LogP contribution < -0.4 is 4.31 Å². The van der Waals surface area contributed by atoms with Gasteiger partial charge in [0.2, 0.25) is 15.9 Å². The molecule has 0 saturated carbocycles. The lowest BCUT2D eigenvalue weighted by atomic mass is 10.2. The summed E-state index contributed by atoms with van der Waals surface area (Å²) in [4.78, 5) is 17.0. The van der Waals surface area contributed by atoms with Gasteiger partial charge in [-0.3, -0.25) is 14.0 Å². The standard InChI is InChI=1S/C21H26FN3O3S/c1-17(25(29(2,27)28)20-10-8-19(22)9-11-20)21(26)24-14-12-23(13-15-24)16-18-6-4-3-5-7-18/h3-11,17H,12-16H2,1-2H3/t17-/m0/s1. The van der Waals surface area contributed by atoms with Gasteiger partial charge in [0.1, 0.15) is 11.9 Å². The van der Waals surface area contributed by atoms with E-state index in [0.29, 0.717) is 13.1 Å². The summed E-state index contributed by atoms with van der Waals surface area (Å²) in [5, 5.41) is 0. The Morgan fingerprint density at radius 2 is 1.62 bits per heavy atom. The molecule has 0 aromatic heterocycles. The van der Waals surface area contributed by atoms with Crippen LogP contribution in [0.15, 0.2) is 54.6 Å².